The third kappa shape index (κ3) is 11.2. The number of anilines is 2. The fourth-order valence-corrected chi connectivity index (χ4v) is 3.45. The summed E-state index contributed by atoms with van der Waals surface area (Å²) in [6, 6.07) is 11.2. The van der Waals surface area contributed by atoms with Gasteiger partial charge in [-0.2, -0.15) is 0 Å². The number of carbonyl (C=O) groups excluding carboxylic acids is 2. The van der Waals surface area contributed by atoms with Crippen LogP contribution in [0.5, 0.6) is 5.75 Å². The van der Waals surface area contributed by atoms with Gasteiger partial charge >= 0.3 is 0 Å². The first-order chi connectivity index (χ1) is 19.1. The van der Waals surface area contributed by atoms with Gasteiger partial charge < -0.3 is 29.8 Å². The highest BCUT2D eigenvalue weighted by atomic mass is 19.1. The molecular weight excluding hydrogens is 511 g/mol. The predicted molar refractivity (Wildman–Crippen MR) is 163 cm³/mol. The van der Waals surface area contributed by atoms with Crippen LogP contribution in [0.4, 0.5) is 21.5 Å². The molecule has 0 aliphatic heterocycles. The number of methoxy groups -OCH3 is 1. The van der Waals surface area contributed by atoms with Crippen molar-refractivity contribution < 1.29 is 23.5 Å². The number of allylic oxidation sites excluding steroid dienone is 1. The molecule has 0 saturated heterocycles. The fraction of sp³-hybridized carbons (Fsp3) is 0.452. The Hall–Kier alpha value is -3.72. The van der Waals surface area contributed by atoms with Crippen LogP contribution in [0.15, 0.2) is 47.0 Å². The zero-order valence-electron chi connectivity index (χ0n) is 25.1. The van der Waals surface area contributed by atoms with Crippen LogP contribution in [-0.2, 0) is 14.3 Å². The van der Waals surface area contributed by atoms with Crippen molar-refractivity contribution in [3.05, 3.63) is 53.4 Å². The Kier molecular flexibility index (Phi) is 15.9. The summed E-state index contributed by atoms with van der Waals surface area (Å²) in [5.74, 6) is 0.0746. The number of halogens is 1. The Morgan fingerprint density at radius 1 is 1.15 bits per heavy atom. The van der Waals surface area contributed by atoms with Gasteiger partial charge in [-0.05, 0) is 64.0 Å². The first kappa shape index (κ1) is 34.3. The Morgan fingerprint density at radius 2 is 1.80 bits per heavy atom. The Labute approximate surface area is 238 Å². The molecule has 0 atom stereocenters. The molecule has 2 rings (SSSR count). The second-order valence-electron chi connectivity index (χ2n) is 9.29. The van der Waals surface area contributed by atoms with E-state index in [1.54, 1.807) is 38.3 Å². The molecule has 0 saturated carbocycles. The van der Waals surface area contributed by atoms with Crippen LogP contribution < -0.4 is 15.4 Å². The largest absolute Gasteiger partial charge is 0.491 e. The van der Waals surface area contributed by atoms with E-state index in [4.69, 9.17) is 9.47 Å². The number of aliphatic imine (C=N–C) groups is 1. The van der Waals surface area contributed by atoms with Crippen LogP contribution in [-0.4, -0.2) is 63.8 Å². The number of rotatable bonds is 14. The van der Waals surface area contributed by atoms with Gasteiger partial charge in [0.15, 0.2) is 0 Å². The molecule has 0 aliphatic rings. The molecule has 40 heavy (non-hydrogen) atoms. The number of amides is 1. The average Bonchev–Trinajstić information content (AvgIpc) is 2.95. The molecule has 0 radical (unpaired) electrons. The summed E-state index contributed by atoms with van der Waals surface area (Å²) < 4.78 is 25.8. The highest BCUT2D eigenvalue weighted by molar-refractivity contribution is 5.86. The van der Waals surface area contributed by atoms with Crippen LogP contribution in [0.2, 0.25) is 0 Å². The van der Waals surface area contributed by atoms with Crippen molar-refractivity contribution in [2.45, 2.75) is 59.9 Å². The third-order valence-corrected chi connectivity index (χ3v) is 6.16. The topological polar surface area (TPSA) is 92.3 Å². The average molecular weight is 557 g/mol. The third-order valence-electron chi connectivity index (χ3n) is 6.16. The number of carbonyl (C=O) groups is 2. The number of nitrogens with one attached hydrogen (secondary N) is 2. The van der Waals surface area contributed by atoms with E-state index in [0.717, 1.165) is 29.7 Å². The van der Waals surface area contributed by atoms with Gasteiger partial charge in [0, 0.05) is 75.5 Å². The van der Waals surface area contributed by atoms with Crippen molar-refractivity contribution in [3.8, 4) is 5.75 Å². The van der Waals surface area contributed by atoms with E-state index in [2.05, 4.69) is 15.6 Å². The Balaban J connectivity index is 0.000000614. The molecule has 0 bridgehead atoms. The van der Waals surface area contributed by atoms with Crippen molar-refractivity contribution in [1.82, 2.24) is 4.90 Å². The Morgan fingerprint density at radius 3 is 2.33 bits per heavy atom. The maximum absolute atomic E-state index is 15.2. The van der Waals surface area contributed by atoms with E-state index in [-0.39, 0.29) is 17.8 Å². The summed E-state index contributed by atoms with van der Waals surface area (Å²) in [5.41, 5.74) is 4.57. The van der Waals surface area contributed by atoms with Gasteiger partial charge in [0.25, 0.3) is 0 Å². The van der Waals surface area contributed by atoms with E-state index >= 15 is 4.39 Å². The maximum Gasteiger partial charge on any atom is 0.222 e. The summed E-state index contributed by atoms with van der Waals surface area (Å²) in [7, 11) is 5.21. The minimum atomic E-state index is -0.386. The molecule has 2 aromatic carbocycles. The summed E-state index contributed by atoms with van der Waals surface area (Å²) in [5, 5.41) is 6.48. The smallest absolute Gasteiger partial charge is 0.222 e. The number of hydrogen-bond acceptors (Lipinski definition) is 7. The number of ether oxygens (including phenoxy) is 2. The molecule has 9 heteroatoms. The van der Waals surface area contributed by atoms with E-state index in [0.29, 0.717) is 48.8 Å². The highest BCUT2D eigenvalue weighted by Gasteiger charge is 2.18. The van der Waals surface area contributed by atoms with E-state index in [1.165, 1.54) is 6.07 Å². The second-order valence-corrected chi connectivity index (χ2v) is 9.29. The van der Waals surface area contributed by atoms with Gasteiger partial charge in [-0.1, -0.05) is 6.92 Å². The second kappa shape index (κ2) is 18.5. The lowest BCUT2D eigenvalue weighted by atomic mass is 10.0. The van der Waals surface area contributed by atoms with Gasteiger partial charge in [0.2, 0.25) is 5.91 Å². The van der Waals surface area contributed by atoms with Crippen LogP contribution in [0.1, 0.15) is 59.4 Å². The molecule has 220 valence electrons. The van der Waals surface area contributed by atoms with Crippen LogP contribution >= 0.6 is 0 Å². The summed E-state index contributed by atoms with van der Waals surface area (Å²) in [6.45, 7) is 10.5. The molecule has 0 spiro atoms. The summed E-state index contributed by atoms with van der Waals surface area (Å²) in [4.78, 5) is 27.1. The highest BCUT2D eigenvalue weighted by Crippen LogP contribution is 2.36. The standard InChI is InChI=1S/C23H30FN3O2.C8H15NO2/c1-6-16(3)23(27-18-10-8-17(25-4)9-11-18)22-20(24)14-19(29-13-12-28-5)15-21(22)26-7-2;1-7(2)9(3)8(11)5-4-6-10/h7-11,14-15,25,27H,6,12-13H2,1-5H3;6-7H,4-5H2,1-3H3. The molecule has 2 aromatic rings. The normalized spacial score (nSPS) is 11.4. The molecule has 0 aromatic heterocycles. The number of benzene rings is 2. The summed E-state index contributed by atoms with van der Waals surface area (Å²) in [6.07, 6.45) is 3.86. The lowest BCUT2D eigenvalue weighted by Crippen LogP contribution is -2.32. The maximum atomic E-state index is 15.2. The SMILES string of the molecule is CC(C)N(C)C(=O)CCC=O.CC=Nc1cc(OCCOC)cc(F)c1C(Nc1ccc(NC)cc1)=C(C)CC. The van der Waals surface area contributed by atoms with Gasteiger partial charge in [-0.25, -0.2) is 4.39 Å². The molecular formula is C31H45FN4O4. The zero-order chi connectivity index (χ0) is 30.1. The molecule has 8 nitrogen and oxygen atoms in total. The summed E-state index contributed by atoms with van der Waals surface area (Å²) >= 11 is 0. The van der Waals surface area contributed by atoms with Crippen molar-refractivity contribution in [1.29, 1.82) is 0 Å². The number of nitrogens with zero attached hydrogens (tertiary/aromatic N) is 2. The minimum absolute atomic E-state index is 0.0344. The van der Waals surface area contributed by atoms with Gasteiger partial charge in [0.05, 0.1) is 17.9 Å². The fourth-order valence-electron chi connectivity index (χ4n) is 3.45. The van der Waals surface area contributed by atoms with Gasteiger partial charge in [-0.15, -0.1) is 0 Å². The van der Waals surface area contributed by atoms with E-state index < -0.39 is 0 Å². The molecule has 1 amide bonds. The van der Waals surface area contributed by atoms with Crippen molar-refractivity contribution >= 4 is 41.2 Å². The quantitative estimate of drug-likeness (QED) is 0.153. The first-order valence-electron chi connectivity index (χ1n) is 13.5. The zero-order valence-corrected chi connectivity index (χ0v) is 25.1. The molecule has 0 aliphatic carbocycles. The molecule has 0 heterocycles. The van der Waals surface area contributed by atoms with Gasteiger partial charge in [-0.3, -0.25) is 9.79 Å². The number of hydrogen-bond donors (Lipinski definition) is 2. The predicted octanol–water partition coefficient (Wildman–Crippen LogP) is 6.70. The van der Waals surface area contributed by atoms with Crippen LogP contribution in [0, 0.1) is 5.82 Å². The lowest BCUT2D eigenvalue weighted by Gasteiger charge is -2.20. The monoisotopic (exact) mass is 556 g/mol. The van der Waals surface area contributed by atoms with Crippen LogP contribution in [0.25, 0.3) is 5.70 Å². The van der Waals surface area contributed by atoms with E-state index in [9.17, 15) is 9.59 Å². The number of aldehydes is 1. The Bertz CT molecular complexity index is 1130. The van der Waals surface area contributed by atoms with Gasteiger partial charge in [0.1, 0.15) is 24.5 Å². The molecule has 0 unspecified atom stereocenters. The van der Waals surface area contributed by atoms with Crippen molar-refractivity contribution in [2.24, 2.45) is 4.99 Å². The van der Waals surface area contributed by atoms with Crippen LogP contribution in [0.3, 0.4) is 0 Å². The molecule has 0 fully saturated rings. The van der Waals surface area contributed by atoms with Crippen molar-refractivity contribution in [2.75, 3.05) is 45.1 Å². The first-order valence-corrected chi connectivity index (χ1v) is 13.5. The lowest BCUT2D eigenvalue weighted by molar-refractivity contribution is -0.132. The van der Waals surface area contributed by atoms with E-state index in [1.807, 2.05) is 59.0 Å². The molecule has 2 N–H and O–H groups in total. The minimum Gasteiger partial charge on any atom is -0.491 e. The van der Waals surface area contributed by atoms with Crippen molar-refractivity contribution in [3.63, 3.8) is 0 Å².